The molecule has 2 N–H and O–H groups in total. The molecule has 0 aromatic carbocycles. The van der Waals surface area contributed by atoms with E-state index in [4.69, 9.17) is 0 Å². The van der Waals surface area contributed by atoms with Gasteiger partial charge in [-0.3, -0.25) is 4.79 Å². The molecular formula is C10H12N4OS. The molecule has 0 bridgehead atoms. The minimum Gasteiger partial charge on any atom is -0.349 e. The molecule has 0 saturated heterocycles. The topological polar surface area (TPSA) is 70.7 Å². The van der Waals surface area contributed by atoms with Crippen molar-refractivity contribution in [1.82, 2.24) is 20.3 Å². The number of aromatic nitrogens is 3. The van der Waals surface area contributed by atoms with E-state index in [1.54, 1.807) is 23.7 Å². The van der Waals surface area contributed by atoms with Gasteiger partial charge < -0.3 is 10.3 Å². The highest BCUT2D eigenvalue weighted by Crippen LogP contribution is 2.08. The number of carbonyl (C=O) groups excluding carboxylic acids is 1. The summed E-state index contributed by atoms with van der Waals surface area (Å²) in [7, 11) is 0. The van der Waals surface area contributed by atoms with Gasteiger partial charge in [0.2, 0.25) is 0 Å². The Hall–Kier alpha value is -1.69. The lowest BCUT2D eigenvalue weighted by Gasteiger charge is -2.00. The molecule has 0 radical (unpaired) electrons. The third-order valence-corrected chi connectivity index (χ3v) is 3.03. The number of imidazole rings is 1. The minimum atomic E-state index is -0.182. The Morgan fingerprint density at radius 2 is 2.50 bits per heavy atom. The second-order valence-electron chi connectivity index (χ2n) is 3.33. The fraction of sp³-hybridized carbons (Fsp3) is 0.300. The number of rotatable bonds is 4. The summed E-state index contributed by atoms with van der Waals surface area (Å²) in [4.78, 5) is 22.4. The lowest BCUT2D eigenvalue weighted by atomic mass is 10.4. The zero-order chi connectivity index (χ0) is 11.4. The number of H-pyrrole nitrogens is 1. The molecule has 0 unspecified atom stereocenters. The highest BCUT2D eigenvalue weighted by atomic mass is 32.1. The lowest BCUT2D eigenvalue weighted by molar-refractivity contribution is 0.0945. The van der Waals surface area contributed by atoms with Crippen LogP contribution in [-0.2, 0) is 6.42 Å². The van der Waals surface area contributed by atoms with E-state index in [1.807, 2.05) is 12.3 Å². The molecular weight excluding hydrogens is 224 g/mol. The fourth-order valence-corrected chi connectivity index (χ4v) is 2.05. The number of thiazole rings is 1. The van der Waals surface area contributed by atoms with Crippen LogP contribution in [0.25, 0.3) is 0 Å². The molecule has 0 fully saturated rings. The van der Waals surface area contributed by atoms with Gasteiger partial charge in [0, 0.05) is 36.4 Å². The van der Waals surface area contributed by atoms with Crippen LogP contribution in [0.3, 0.4) is 0 Å². The Kier molecular flexibility index (Phi) is 3.31. The van der Waals surface area contributed by atoms with Gasteiger partial charge in [0.05, 0.1) is 5.01 Å². The summed E-state index contributed by atoms with van der Waals surface area (Å²) < 4.78 is 0. The van der Waals surface area contributed by atoms with E-state index < -0.39 is 0 Å². The molecule has 6 heteroatoms. The number of aryl methyl sites for hydroxylation is 1. The first kappa shape index (κ1) is 10.8. The zero-order valence-electron chi connectivity index (χ0n) is 8.86. The molecule has 1 amide bonds. The van der Waals surface area contributed by atoms with Crippen molar-refractivity contribution in [3.63, 3.8) is 0 Å². The predicted octanol–water partition coefficient (Wildman–Crippen LogP) is 1.15. The third-order valence-electron chi connectivity index (χ3n) is 2.00. The second-order valence-corrected chi connectivity index (χ2v) is 4.27. The standard InChI is InChI=1S/C10H12N4OS/c1-7-6-16-8(14-7)2-3-13-10(15)9-11-4-5-12-9/h4-6H,2-3H2,1H3,(H,11,12)(H,13,15). The van der Waals surface area contributed by atoms with Gasteiger partial charge in [-0.15, -0.1) is 11.3 Å². The van der Waals surface area contributed by atoms with Gasteiger partial charge in [-0.1, -0.05) is 0 Å². The normalized spacial score (nSPS) is 10.3. The van der Waals surface area contributed by atoms with Crippen molar-refractivity contribution in [2.75, 3.05) is 6.54 Å². The Bertz CT molecular complexity index is 463. The van der Waals surface area contributed by atoms with Crippen molar-refractivity contribution in [2.24, 2.45) is 0 Å². The number of hydrogen-bond donors (Lipinski definition) is 2. The zero-order valence-corrected chi connectivity index (χ0v) is 9.67. The largest absolute Gasteiger partial charge is 0.349 e. The molecule has 0 aliphatic heterocycles. The first-order valence-electron chi connectivity index (χ1n) is 4.94. The summed E-state index contributed by atoms with van der Waals surface area (Å²) in [5.74, 6) is 0.161. The van der Waals surface area contributed by atoms with Crippen molar-refractivity contribution in [2.45, 2.75) is 13.3 Å². The fourth-order valence-electron chi connectivity index (χ4n) is 1.27. The van der Waals surface area contributed by atoms with Crippen LogP contribution >= 0.6 is 11.3 Å². The van der Waals surface area contributed by atoms with Crippen LogP contribution < -0.4 is 5.32 Å². The molecule has 5 nitrogen and oxygen atoms in total. The Morgan fingerprint density at radius 3 is 3.12 bits per heavy atom. The van der Waals surface area contributed by atoms with Crippen molar-refractivity contribution in [1.29, 1.82) is 0 Å². The van der Waals surface area contributed by atoms with Crippen LogP contribution in [0.1, 0.15) is 21.3 Å². The van der Waals surface area contributed by atoms with E-state index in [0.29, 0.717) is 12.4 Å². The summed E-state index contributed by atoms with van der Waals surface area (Å²) in [6, 6.07) is 0. The highest BCUT2D eigenvalue weighted by molar-refractivity contribution is 7.09. The van der Waals surface area contributed by atoms with E-state index >= 15 is 0 Å². The van der Waals surface area contributed by atoms with Crippen molar-refractivity contribution in [3.8, 4) is 0 Å². The van der Waals surface area contributed by atoms with E-state index in [1.165, 1.54) is 0 Å². The van der Waals surface area contributed by atoms with Gasteiger partial charge in [0.15, 0.2) is 5.82 Å². The molecule has 84 valence electrons. The van der Waals surface area contributed by atoms with E-state index in [-0.39, 0.29) is 5.91 Å². The van der Waals surface area contributed by atoms with Crippen LogP contribution in [0.4, 0.5) is 0 Å². The smallest absolute Gasteiger partial charge is 0.287 e. The summed E-state index contributed by atoms with van der Waals surface area (Å²) >= 11 is 1.61. The number of hydrogen-bond acceptors (Lipinski definition) is 4. The first-order chi connectivity index (χ1) is 7.75. The Labute approximate surface area is 96.9 Å². The van der Waals surface area contributed by atoms with Gasteiger partial charge in [0.25, 0.3) is 5.91 Å². The van der Waals surface area contributed by atoms with Crippen LogP contribution in [-0.4, -0.2) is 27.4 Å². The molecule has 0 atom stereocenters. The van der Waals surface area contributed by atoms with Gasteiger partial charge >= 0.3 is 0 Å². The number of amides is 1. The maximum atomic E-state index is 11.5. The summed E-state index contributed by atoms with van der Waals surface area (Å²) in [5, 5.41) is 5.82. The van der Waals surface area contributed by atoms with Gasteiger partial charge in [-0.2, -0.15) is 0 Å². The van der Waals surface area contributed by atoms with Crippen molar-refractivity contribution >= 4 is 17.2 Å². The van der Waals surface area contributed by atoms with Crippen LogP contribution in [0, 0.1) is 6.92 Å². The average Bonchev–Trinajstić information content (AvgIpc) is 2.89. The predicted molar refractivity (Wildman–Crippen MR) is 61.5 cm³/mol. The maximum absolute atomic E-state index is 11.5. The molecule has 16 heavy (non-hydrogen) atoms. The van der Waals surface area contributed by atoms with Crippen LogP contribution in [0.15, 0.2) is 17.8 Å². The lowest BCUT2D eigenvalue weighted by Crippen LogP contribution is -2.26. The average molecular weight is 236 g/mol. The Balaban J connectivity index is 1.78. The summed E-state index contributed by atoms with van der Waals surface area (Å²) in [6.45, 7) is 2.54. The van der Waals surface area contributed by atoms with Crippen molar-refractivity contribution in [3.05, 3.63) is 34.3 Å². The first-order valence-corrected chi connectivity index (χ1v) is 5.82. The molecule has 2 aromatic rings. The van der Waals surface area contributed by atoms with Crippen molar-refractivity contribution < 1.29 is 4.79 Å². The number of aromatic amines is 1. The highest BCUT2D eigenvalue weighted by Gasteiger charge is 2.06. The second kappa shape index (κ2) is 4.89. The third kappa shape index (κ3) is 2.66. The number of nitrogens with one attached hydrogen (secondary N) is 2. The van der Waals surface area contributed by atoms with Crippen LogP contribution in [0.5, 0.6) is 0 Å². The van der Waals surface area contributed by atoms with E-state index in [0.717, 1.165) is 17.1 Å². The molecule has 0 aliphatic carbocycles. The monoisotopic (exact) mass is 236 g/mol. The van der Waals surface area contributed by atoms with Gasteiger partial charge in [-0.05, 0) is 6.92 Å². The van der Waals surface area contributed by atoms with E-state index in [2.05, 4.69) is 20.3 Å². The molecule has 2 aromatic heterocycles. The quantitative estimate of drug-likeness (QED) is 0.836. The van der Waals surface area contributed by atoms with Gasteiger partial charge in [0.1, 0.15) is 0 Å². The molecule has 0 spiro atoms. The molecule has 2 rings (SSSR count). The maximum Gasteiger partial charge on any atom is 0.287 e. The summed E-state index contributed by atoms with van der Waals surface area (Å²) in [5.41, 5.74) is 1.03. The van der Waals surface area contributed by atoms with E-state index in [9.17, 15) is 4.79 Å². The minimum absolute atomic E-state index is 0.182. The molecule has 2 heterocycles. The number of nitrogens with zero attached hydrogens (tertiary/aromatic N) is 2. The van der Waals surface area contributed by atoms with Crippen LogP contribution in [0.2, 0.25) is 0 Å². The Morgan fingerprint density at radius 1 is 1.62 bits per heavy atom. The van der Waals surface area contributed by atoms with Gasteiger partial charge in [-0.25, -0.2) is 9.97 Å². The summed E-state index contributed by atoms with van der Waals surface area (Å²) in [6.07, 6.45) is 3.93. The number of carbonyl (C=O) groups is 1. The molecule has 0 aliphatic rings. The SMILES string of the molecule is Cc1csc(CCNC(=O)c2ncc[nH]2)n1. The molecule has 0 saturated carbocycles.